The van der Waals surface area contributed by atoms with Gasteiger partial charge in [-0.05, 0) is 30.0 Å². The molecule has 2 rings (SSSR count). The highest BCUT2D eigenvalue weighted by Gasteiger charge is 2.13. The molecule has 0 saturated carbocycles. The van der Waals surface area contributed by atoms with Gasteiger partial charge in [0.1, 0.15) is 0 Å². The molecule has 2 heteroatoms. The zero-order valence-electron chi connectivity index (χ0n) is 11.9. The van der Waals surface area contributed by atoms with Crippen molar-refractivity contribution in [3.63, 3.8) is 0 Å². The fourth-order valence-corrected chi connectivity index (χ4v) is 2.50. The van der Waals surface area contributed by atoms with Crippen LogP contribution in [0.25, 0.3) is 10.9 Å². The van der Waals surface area contributed by atoms with Crippen LogP contribution < -0.4 is 4.90 Å². The smallest absolute Gasteiger partial charge is 0.0474 e. The summed E-state index contributed by atoms with van der Waals surface area (Å²) >= 11 is 0. The third-order valence-electron chi connectivity index (χ3n) is 3.08. The molecule has 1 N–H and O–H groups in total. The quantitative estimate of drug-likeness (QED) is 0.831. The number of benzene rings is 1. The zero-order chi connectivity index (χ0) is 13.1. The van der Waals surface area contributed by atoms with Gasteiger partial charge in [-0.15, -0.1) is 0 Å². The Morgan fingerprint density at radius 1 is 1.00 bits per heavy atom. The Labute approximate surface area is 110 Å². The molecule has 0 aliphatic carbocycles. The van der Waals surface area contributed by atoms with Crippen LogP contribution >= 0.6 is 0 Å². The van der Waals surface area contributed by atoms with Crippen molar-refractivity contribution < 1.29 is 0 Å². The Kier molecular flexibility index (Phi) is 3.95. The highest BCUT2D eigenvalue weighted by Crippen LogP contribution is 2.27. The number of nitrogens with one attached hydrogen (secondary N) is 1. The number of nitrogens with zero attached hydrogens (tertiary/aromatic N) is 1. The predicted molar refractivity (Wildman–Crippen MR) is 80.2 cm³/mol. The van der Waals surface area contributed by atoms with Crippen LogP contribution in [0.4, 0.5) is 5.69 Å². The monoisotopic (exact) mass is 244 g/mol. The lowest BCUT2D eigenvalue weighted by Gasteiger charge is -2.29. The maximum atomic E-state index is 3.29. The van der Waals surface area contributed by atoms with Crippen molar-refractivity contribution in [1.29, 1.82) is 0 Å². The summed E-state index contributed by atoms with van der Waals surface area (Å²) in [6.45, 7) is 11.4. The highest BCUT2D eigenvalue weighted by atomic mass is 15.1. The Bertz CT molecular complexity index is 487. The molecule has 0 unspecified atom stereocenters. The van der Waals surface area contributed by atoms with Crippen LogP contribution in [0, 0.1) is 11.8 Å². The van der Waals surface area contributed by atoms with Gasteiger partial charge in [-0.1, -0.05) is 33.8 Å². The van der Waals surface area contributed by atoms with E-state index >= 15 is 0 Å². The lowest BCUT2D eigenvalue weighted by Crippen LogP contribution is -2.31. The van der Waals surface area contributed by atoms with Gasteiger partial charge in [-0.3, -0.25) is 0 Å². The minimum atomic E-state index is 0.679. The second-order valence-electron chi connectivity index (χ2n) is 5.91. The molecule has 0 fully saturated rings. The van der Waals surface area contributed by atoms with E-state index in [9.17, 15) is 0 Å². The van der Waals surface area contributed by atoms with E-state index in [1.54, 1.807) is 0 Å². The molecule has 2 aromatic rings. The average molecular weight is 244 g/mol. The van der Waals surface area contributed by atoms with Crippen molar-refractivity contribution in [2.24, 2.45) is 11.8 Å². The summed E-state index contributed by atoms with van der Waals surface area (Å²) in [6, 6.07) is 8.70. The van der Waals surface area contributed by atoms with Crippen LogP contribution in [0.1, 0.15) is 27.7 Å². The van der Waals surface area contributed by atoms with E-state index in [0.717, 1.165) is 13.1 Å². The Morgan fingerprint density at radius 2 is 1.67 bits per heavy atom. The van der Waals surface area contributed by atoms with Crippen LogP contribution in [-0.4, -0.2) is 18.1 Å². The van der Waals surface area contributed by atoms with Crippen LogP contribution in [-0.2, 0) is 0 Å². The number of hydrogen-bond acceptors (Lipinski definition) is 1. The highest BCUT2D eigenvalue weighted by molar-refractivity contribution is 5.92. The van der Waals surface area contributed by atoms with E-state index in [1.807, 2.05) is 6.20 Å². The third kappa shape index (κ3) is 2.87. The Morgan fingerprint density at radius 3 is 2.28 bits per heavy atom. The second kappa shape index (κ2) is 5.47. The molecule has 1 aromatic heterocycles. The van der Waals surface area contributed by atoms with E-state index in [0.29, 0.717) is 11.8 Å². The summed E-state index contributed by atoms with van der Waals surface area (Å²) in [5.74, 6) is 1.36. The standard InChI is InChI=1S/C16H24N2/c1-12(2)10-18(11-13(3)4)16-7-5-6-15-14(16)8-9-17-15/h5-9,12-13,17H,10-11H2,1-4H3. The van der Waals surface area contributed by atoms with Gasteiger partial charge in [0.25, 0.3) is 0 Å². The Hall–Kier alpha value is -1.44. The van der Waals surface area contributed by atoms with Gasteiger partial charge in [0, 0.05) is 35.9 Å². The summed E-state index contributed by atoms with van der Waals surface area (Å²) < 4.78 is 0. The van der Waals surface area contributed by atoms with Crippen LogP contribution in [0.3, 0.4) is 0 Å². The topological polar surface area (TPSA) is 19.0 Å². The summed E-state index contributed by atoms with van der Waals surface area (Å²) in [6.07, 6.45) is 2.02. The molecule has 0 atom stereocenters. The molecule has 18 heavy (non-hydrogen) atoms. The molecular weight excluding hydrogens is 220 g/mol. The summed E-state index contributed by atoms with van der Waals surface area (Å²) in [5, 5.41) is 1.33. The zero-order valence-corrected chi connectivity index (χ0v) is 11.9. The first kappa shape index (κ1) is 13.0. The van der Waals surface area contributed by atoms with E-state index in [1.165, 1.54) is 16.6 Å². The maximum absolute atomic E-state index is 3.29. The minimum Gasteiger partial charge on any atom is -0.370 e. The molecule has 0 radical (unpaired) electrons. The fourth-order valence-electron chi connectivity index (χ4n) is 2.50. The number of aromatic amines is 1. The van der Waals surface area contributed by atoms with E-state index in [-0.39, 0.29) is 0 Å². The van der Waals surface area contributed by atoms with Crippen LogP contribution in [0.5, 0.6) is 0 Å². The molecule has 0 bridgehead atoms. The van der Waals surface area contributed by atoms with Crippen molar-refractivity contribution in [2.75, 3.05) is 18.0 Å². The molecular formula is C16H24N2. The van der Waals surface area contributed by atoms with Crippen molar-refractivity contribution in [2.45, 2.75) is 27.7 Å². The van der Waals surface area contributed by atoms with E-state index < -0.39 is 0 Å². The molecule has 2 nitrogen and oxygen atoms in total. The first-order chi connectivity index (χ1) is 8.58. The SMILES string of the molecule is CC(C)CN(CC(C)C)c1cccc2[nH]ccc12. The number of aromatic nitrogens is 1. The van der Waals surface area contributed by atoms with Gasteiger partial charge in [0.15, 0.2) is 0 Å². The van der Waals surface area contributed by atoms with Gasteiger partial charge in [-0.2, -0.15) is 0 Å². The molecule has 0 saturated heterocycles. The molecule has 98 valence electrons. The van der Waals surface area contributed by atoms with Crippen LogP contribution in [0.2, 0.25) is 0 Å². The molecule has 1 aromatic carbocycles. The lowest BCUT2D eigenvalue weighted by atomic mass is 10.1. The molecule has 0 amide bonds. The maximum Gasteiger partial charge on any atom is 0.0474 e. The average Bonchev–Trinajstić information content (AvgIpc) is 2.74. The van der Waals surface area contributed by atoms with Gasteiger partial charge < -0.3 is 9.88 Å². The number of anilines is 1. The summed E-state index contributed by atoms with van der Waals surface area (Å²) in [7, 11) is 0. The molecule has 0 aliphatic rings. The Balaban J connectivity index is 2.36. The van der Waals surface area contributed by atoms with Gasteiger partial charge >= 0.3 is 0 Å². The summed E-state index contributed by atoms with van der Waals surface area (Å²) in [5.41, 5.74) is 2.58. The molecule has 1 heterocycles. The van der Waals surface area contributed by atoms with Crippen molar-refractivity contribution in [3.05, 3.63) is 30.5 Å². The largest absolute Gasteiger partial charge is 0.370 e. The molecule has 0 spiro atoms. The van der Waals surface area contributed by atoms with Gasteiger partial charge in [-0.25, -0.2) is 0 Å². The summed E-state index contributed by atoms with van der Waals surface area (Å²) in [4.78, 5) is 5.81. The number of rotatable bonds is 5. The van der Waals surface area contributed by atoms with Crippen molar-refractivity contribution >= 4 is 16.6 Å². The van der Waals surface area contributed by atoms with E-state index in [2.05, 4.69) is 61.8 Å². The van der Waals surface area contributed by atoms with Crippen molar-refractivity contribution in [3.8, 4) is 0 Å². The number of fused-ring (bicyclic) bond motifs is 1. The first-order valence-electron chi connectivity index (χ1n) is 6.89. The van der Waals surface area contributed by atoms with Crippen molar-refractivity contribution in [1.82, 2.24) is 4.98 Å². The minimum absolute atomic E-state index is 0.679. The van der Waals surface area contributed by atoms with Crippen LogP contribution in [0.15, 0.2) is 30.5 Å². The number of hydrogen-bond donors (Lipinski definition) is 1. The van der Waals surface area contributed by atoms with Gasteiger partial charge in [0.05, 0.1) is 0 Å². The predicted octanol–water partition coefficient (Wildman–Crippen LogP) is 4.29. The second-order valence-corrected chi connectivity index (χ2v) is 5.91. The normalized spacial score (nSPS) is 11.7. The lowest BCUT2D eigenvalue weighted by molar-refractivity contribution is 0.554. The first-order valence-corrected chi connectivity index (χ1v) is 6.89. The molecule has 0 aliphatic heterocycles. The third-order valence-corrected chi connectivity index (χ3v) is 3.08. The van der Waals surface area contributed by atoms with E-state index in [4.69, 9.17) is 0 Å². The fraction of sp³-hybridized carbons (Fsp3) is 0.500. The number of H-pyrrole nitrogens is 1. The van der Waals surface area contributed by atoms with Gasteiger partial charge in [0.2, 0.25) is 0 Å².